The molecule has 0 fully saturated rings. The third-order valence-corrected chi connectivity index (χ3v) is 3.34. The molecule has 1 aromatic heterocycles. The van der Waals surface area contributed by atoms with Gasteiger partial charge in [-0.25, -0.2) is 0 Å². The molecular formula is C17H23NO2. The smallest absolute Gasteiger partial charge is 0.125 e. The van der Waals surface area contributed by atoms with E-state index in [1.54, 1.807) is 7.11 Å². The van der Waals surface area contributed by atoms with Gasteiger partial charge in [0.2, 0.25) is 0 Å². The Balaban J connectivity index is 2.42. The maximum absolute atomic E-state index is 5.82. The molecule has 2 rings (SSSR count). The molecule has 0 amide bonds. The van der Waals surface area contributed by atoms with Gasteiger partial charge in [-0.3, -0.25) is 0 Å². The van der Waals surface area contributed by atoms with E-state index in [4.69, 9.17) is 9.15 Å². The van der Waals surface area contributed by atoms with Crippen LogP contribution in [0.3, 0.4) is 0 Å². The first-order valence-electron chi connectivity index (χ1n) is 7.10. The molecule has 0 radical (unpaired) electrons. The summed E-state index contributed by atoms with van der Waals surface area (Å²) in [6.07, 6.45) is 1.07. The van der Waals surface area contributed by atoms with Crippen molar-refractivity contribution in [2.24, 2.45) is 0 Å². The number of nitrogens with one attached hydrogen (secondary N) is 1. The molecule has 1 N–H and O–H groups in total. The van der Waals surface area contributed by atoms with E-state index in [0.717, 1.165) is 35.8 Å². The molecule has 3 nitrogen and oxygen atoms in total. The van der Waals surface area contributed by atoms with Gasteiger partial charge in [0.05, 0.1) is 13.2 Å². The van der Waals surface area contributed by atoms with Gasteiger partial charge in [0.25, 0.3) is 0 Å². The second-order valence-electron chi connectivity index (χ2n) is 5.08. The summed E-state index contributed by atoms with van der Waals surface area (Å²) >= 11 is 0. The number of furan rings is 1. The second-order valence-corrected chi connectivity index (χ2v) is 5.08. The van der Waals surface area contributed by atoms with Gasteiger partial charge in [0.15, 0.2) is 0 Å². The van der Waals surface area contributed by atoms with E-state index in [1.807, 2.05) is 25.1 Å². The number of aryl methyl sites for hydroxylation is 2. The average Bonchev–Trinajstić information content (AvgIpc) is 2.86. The Morgan fingerprint density at radius 3 is 2.60 bits per heavy atom. The molecule has 0 aliphatic carbocycles. The highest BCUT2D eigenvalue weighted by Gasteiger charge is 2.20. The van der Waals surface area contributed by atoms with Crippen molar-refractivity contribution in [1.29, 1.82) is 0 Å². The Bertz CT molecular complexity index is 560. The summed E-state index contributed by atoms with van der Waals surface area (Å²) in [7, 11) is 1.71. The lowest BCUT2D eigenvalue weighted by Crippen LogP contribution is -2.23. The van der Waals surface area contributed by atoms with Crippen LogP contribution in [-0.2, 0) is 0 Å². The normalized spacial score (nSPS) is 12.4. The lowest BCUT2D eigenvalue weighted by atomic mass is 10.0. The predicted molar refractivity (Wildman–Crippen MR) is 81.3 cm³/mol. The quantitative estimate of drug-likeness (QED) is 0.864. The Morgan fingerprint density at radius 1 is 1.20 bits per heavy atom. The Labute approximate surface area is 121 Å². The molecule has 0 saturated heterocycles. The van der Waals surface area contributed by atoms with Gasteiger partial charge < -0.3 is 14.5 Å². The van der Waals surface area contributed by atoms with Crippen LogP contribution in [0, 0.1) is 13.8 Å². The highest BCUT2D eigenvalue weighted by molar-refractivity contribution is 5.42. The lowest BCUT2D eigenvalue weighted by molar-refractivity contribution is 0.389. The monoisotopic (exact) mass is 273 g/mol. The maximum Gasteiger partial charge on any atom is 0.125 e. The summed E-state index contributed by atoms with van der Waals surface area (Å²) in [6.45, 7) is 7.15. The number of rotatable bonds is 6. The first-order valence-corrected chi connectivity index (χ1v) is 7.10. The van der Waals surface area contributed by atoms with Crippen LogP contribution in [-0.4, -0.2) is 13.7 Å². The Kier molecular flexibility index (Phi) is 4.85. The van der Waals surface area contributed by atoms with Gasteiger partial charge in [0.1, 0.15) is 17.3 Å². The molecule has 1 heterocycles. The summed E-state index contributed by atoms with van der Waals surface area (Å²) in [5.74, 6) is 2.74. The van der Waals surface area contributed by atoms with Crippen molar-refractivity contribution in [2.45, 2.75) is 33.2 Å². The molecular weight excluding hydrogens is 250 g/mol. The summed E-state index contributed by atoms with van der Waals surface area (Å²) in [6, 6.07) is 10.3. The van der Waals surface area contributed by atoms with E-state index < -0.39 is 0 Å². The highest BCUT2D eigenvalue weighted by Crippen LogP contribution is 2.31. The molecule has 0 aliphatic rings. The summed E-state index contributed by atoms with van der Waals surface area (Å²) in [5, 5.41) is 3.54. The summed E-state index contributed by atoms with van der Waals surface area (Å²) < 4.78 is 11.3. The molecule has 0 aliphatic heterocycles. The third kappa shape index (κ3) is 3.23. The topological polar surface area (TPSA) is 34.4 Å². The predicted octanol–water partition coefficient (Wildman–Crippen LogP) is 3.99. The Hall–Kier alpha value is -1.74. The number of methoxy groups -OCH3 is 1. The number of ether oxygens (including phenoxy) is 1. The van der Waals surface area contributed by atoms with Gasteiger partial charge in [-0.15, -0.1) is 0 Å². The van der Waals surface area contributed by atoms with Crippen LogP contribution in [0.2, 0.25) is 0 Å². The minimum absolute atomic E-state index is 0.0264. The molecule has 0 spiro atoms. The summed E-state index contributed by atoms with van der Waals surface area (Å²) in [5.41, 5.74) is 2.34. The molecule has 1 atom stereocenters. The molecule has 0 bridgehead atoms. The van der Waals surface area contributed by atoms with Crippen molar-refractivity contribution >= 4 is 0 Å². The number of hydrogen-bond acceptors (Lipinski definition) is 3. The lowest BCUT2D eigenvalue weighted by Gasteiger charge is -2.20. The Morgan fingerprint density at radius 2 is 2.00 bits per heavy atom. The van der Waals surface area contributed by atoms with Crippen LogP contribution in [0.1, 0.15) is 42.0 Å². The fraction of sp³-hybridized carbons (Fsp3) is 0.412. The average molecular weight is 273 g/mol. The van der Waals surface area contributed by atoms with Gasteiger partial charge in [0, 0.05) is 5.56 Å². The number of hydrogen-bond donors (Lipinski definition) is 1. The standard InChI is InChI=1S/C17H23NO2/c1-5-10-18-17(16-9-7-13(3)20-16)14-11-12(2)6-8-15(14)19-4/h6-9,11,17-18H,5,10H2,1-4H3. The van der Waals surface area contributed by atoms with Crippen molar-refractivity contribution in [2.75, 3.05) is 13.7 Å². The number of benzene rings is 1. The molecule has 1 aromatic carbocycles. The molecule has 2 aromatic rings. The van der Waals surface area contributed by atoms with Gasteiger partial charge in [-0.05, 0) is 45.0 Å². The van der Waals surface area contributed by atoms with E-state index >= 15 is 0 Å². The minimum atomic E-state index is 0.0264. The van der Waals surface area contributed by atoms with Crippen molar-refractivity contribution < 1.29 is 9.15 Å². The highest BCUT2D eigenvalue weighted by atomic mass is 16.5. The zero-order chi connectivity index (χ0) is 14.5. The second kappa shape index (κ2) is 6.62. The molecule has 1 unspecified atom stereocenters. The van der Waals surface area contributed by atoms with E-state index in [9.17, 15) is 0 Å². The first-order chi connectivity index (χ1) is 9.65. The van der Waals surface area contributed by atoms with Crippen LogP contribution in [0.5, 0.6) is 5.75 Å². The van der Waals surface area contributed by atoms with Gasteiger partial charge in [-0.1, -0.05) is 24.6 Å². The summed E-state index contributed by atoms with van der Waals surface area (Å²) in [4.78, 5) is 0. The molecule has 0 saturated carbocycles. The zero-order valence-corrected chi connectivity index (χ0v) is 12.7. The van der Waals surface area contributed by atoms with E-state index in [1.165, 1.54) is 5.56 Å². The van der Waals surface area contributed by atoms with E-state index in [0.29, 0.717) is 0 Å². The van der Waals surface area contributed by atoms with E-state index in [2.05, 4.69) is 31.3 Å². The fourth-order valence-corrected chi connectivity index (χ4v) is 2.34. The van der Waals surface area contributed by atoms with Gasteiger partial charge >= 0.3 is 0 Å². The molecule has 20 heavy (non-hydrogen) atoms. The third-order valence-electron chi connectivity index (χ3n) is 3.34. The SMILES string of the molecule is CCCNC(c1ccc(C)o1)c1cc(C)ccc1OC. The van der Waals surface area contributed by atoms with Gasteiger partial charge in [-0.2, -0.15) is 0 Å². The van der Waals surface area contributed by atoms with Crippen molar-refractivity contribution in [3.8, 4) is 5.75 Å². The molecule has 108 valence electrons. The van der Waals surface area contributed by atoms with Crippen LogP contribution in [0.15, 0.2) is 34.7 Å². The molecule has 3 heteroatoms. The fourth-order valence-electron chi connectivity index (χ4n) is 2.34. The minimum Gasteiger partial charge on any atom is -0.496 e. The first kappa shape index (κ1) is 14.7. The van der Waals surface area contributed by atoms with Crippen molar-refractivity contribution in [1.82, 2.24) is 5.32 Å². The van der Waals surface area contributed by atoms with Crippen molar-refractivity contribution in [3.63, 3.8) is 0 Å². The van der Waals surface area contributed by atoms with Crippen LogP contribution >= 0.6 is 0 Å². The van der Waals surface area contributed by atoms with E-state index in [-0.39, 0.29) is 6.04 Å². The van der Waals surface area contributed by atoms with Crippen LogP contribution in [0.25, 0.3) is 0 Å². The zero-order valence-electron chi connectivity index (χ0n) is 12.7. The van der Waals surface area contributed by atoms with Crippen LogP contribution in [0.4, 0.5) is 0 Å². The maximum atomic E-state index is 5.82. The van der Waals surface area contributed by atoms with Crippen molar-refractivity contribution in [3.05, 3.63) is 53.0 Å². The largest absolute Gasteiger partial charge is 0.496 e. The van der Waals surface area contributed by atoms with Crippen LogP contribution < -0.4 is 10.1 Å².